The summed E-state index contributed by atoms with van der Waals surface area (Å²) in [4.78, 5) is 25.8. The van der Waals surface area contributed by atoms with E-state index < -0.39 is 0 Å². The predicted molar refractivity (Wildman–Crippen MR) is 84.7 cm³/mol. The number of methoxy groups -OCH3 is 1. The van der Waals surface area contributed by atoms with Crippen LogP contribution in [0.1, 0.15) is 15.4 Å². The molecule has 0 atom stereocenters. The van der Waals surface area contributed by atoms with Crippen LogP contribution in [0.5, 0.6) is 0 Å². The third-order valence-electron chi connectivity index (χ3n) is 3.40. The molecule has 6 nitrogen and oxygen atoms in total. The lowest BCUT2D eigenvalue weighted by molar-refractivity contribution is 0.0594. The molecular formula is C13H16N4O2S2. The number of carbonyl (C=O) groups is 1. The predicted octanol–water partition coefficient (Wildman–Crippen LogP) is 2.02. The van der Waals surface area contributed by atoms with Crippen molar-refractivity contribution in [1.29, 1.82) is 0 Å². The lowest BCUT2D eigenvalue weighted by Crippen LogP contribution is -2.46. The average Bonchev–Trinajstić information content (AvgIpc) is 3.16. The Morgan fingerprint density at radius 3 is 2.48 bits per heavy atom. The largest absolute Gasteiger partial charge is 0.464 e. The summed E-state index contributed by atoms with van der Waals surface area (Å²) in [6.07, 6.45) is 1.83. The Labute approximate surface area is 131 Å². The number of ether oxygens (including phenoxy) is 1. The van der Waals surface area contributed by atoms with Crippen molar-refractivity contribution < 1.29 is 9.53 Å². The third kappa shape index (κ3) is 2.86. The molecule has 1 fully saturated rings. The highest BCUT2D eigenvalue weighted by atomic mass is 32.1. The molecule has 0 N–H and O–H groups in total. The van der Waals surface area contributed by atoms with Gasteiger partial charge in [0.25, 0.3) is 0 Å². The number of nitrogens with zero attached hydrogens (tertiary/aromatic N) is 4. The monoisotopic (exact) mass is 324 g/mol. The molecule has 21 heavy (non-hydrogen) atoms. The van der Waals surface area contributed by atoms with E-state index in [2.05, 4.69) is 19.8 Å². The molecular weight excluding hydrogens is 308 g/mol. The van der Waals surface area contributed by atoms with E-state index in [1.807, 2.05) is 18.5 Å². The number of thiazole rings is 2. The van der Waals surface area contributed by atoms with Gasteiger partial charge < -0.3 is 14.5 Å². The van der Waals surface area contributed by atoms with Gasteiger partial charge in [0.2, 0.25) is 0 Å². The fourth-order valence-corrected chi connectivity index (χ4v) is 3.91. The van der Waals surface area contributed by atoms with Gasteiger partial charge in [0.15, 0.2) is 16.0 Å². The summed E-state index contributed by atoms with van der Waals surface area (Å²) in [6, 6.07) is 0. The standard InChI is InChI=1S/C13H16N4O2S2/c1-9-10(11(18)19-2)15-13(21-9)17-6-4-16(5-7-17)12-14-3-8-20-12/h3,8H,4-7H2,1-2H3. The number of rotatable bonds is 3. The number of anilines is 2. The normalized spacial score (nSPS) is 15.3. The zero-order valence-corrected chi connectivity index (χ0v) is 13.5. The van der Waals surface area contributed by atoms with Crippen molar-refractivity contribution in [1.82, 2.24) is 9.97 Å². The van der Waals surface area contributed by atoms with E-state index in [-0.39, 0.29) is 5.97 Å². The zero-order chi connectivity index (χ0) is 14.8. The van der Waals surface area contributed by atoms with Crippen LogP contribution >= 0.6 is 22.7 Å². The van der Waals surface area contributed by atoms with Gasteiger partial charge in [0.1, 0.15) is 0 Å². The molecule has 0 bridgehead atoms. The second-order valence-corrected chi connectivity index (χ2v) is 6.74. The number of piperazine rings is 1. The number of hydrogen-bond donors (Lipinski definition) is 0. The van der Waals surface area contributed by atoms with Crippen molar-refractivity contribution in [3.8, 4) is 0 Å². The number of hydrogen-bond acceptors (Lipinski definition) is 8. The van der Waals surface area contributed by atoms with Gasteiger partial charge in [-0.2, -0.15) is 0 Å². The van der Waals surface area contributed by atoms with E-state index in [9.17, 15) is 4.79 Å². The van der Waals surface area contributed by atoms with Crippen molar-refractivity contribution in [3.63, 3.8) is 0 Å². The van der Waals surface area contributed by atoms with Crippen LogP contribution in [0, 0.1) is 6.92 Å². The first-order valence-electron chi connectivity index (χ1n) is 6.64. The summed E-state index contributed by atoms with van der Waals surface area (Å²) in [5, 5.41) is 3.96. The molecule has 0 unspecified atom stereocenters. The van der Waals surface area contributed by atoms with Gasteiger partial charge in [-0.1, -0.05) is 0 Å². The summed E-state index contributed by atoms with van der Waals surface area (Å²) in [5.74, 6) is -0.364. The van der Waals surface area contributed by atoms with E-state index in [1.54, 1.807) is 22.7 Å². The summed E-state index contributed by atoms with van der Waals surface area (Å²) in [6.45, 7) is 5.50. The number of aryl methyl sites for hydroxylation is 1. The highest BCUT2D eigenvalue weighted by molar-refractivity contribution is 7.15. The third-order valence-corrected chi connectivity index (χ3v) is 5.27. The molecule has 0 aliphatic carbocycles. The molecule has 1 aliphatic heterocycles. The van der Waals surface area contributed by atoms with E-state index in [0.717, 1.165) is 41.3 Å². The topological polar surface area (TPSA) is 58.6 Å². The Hall–Kier alpha value is -1.67. The zero-order valence-electron chi connectivity index (χ0n) is 11.9. The Morgan fingerprint density at radius 2 is 1.90 bits per heavy atom. The Morgan fingerprint density at radius 1 is 1.24 bits per heavy atom. The van der Waals surface area contributed by atoms with Gasteiger partial charge in [-0.05, 0) is 6.92 Å². The van der Waals surface area contributed by atoms with E-state index >= 15 is 0 Å². The van der Waals surface area contributed by atoms with Crippen molar-refractivity contribution >= 4 is 38.9 Å². The minimum absolute atomic E-state index is 0.364. The van der Waals surface area contributed by atoms with Crippen LogP contribution in [0.15, 0.2) is 11.6 Å². The minimum atomic E-state index is -0.364. The van der Waals surface area contributed by atoms with Crippen molar-refractivity contribution in [2.45, 2.75) is 6.92 Å². The SMILES string of the molecule is COC(=O)c1nc(N2CCN(c3nccs3)CC2)sc1C. The first-order valence-corrected chi connectivity index (χ1v) is 8.34. The maximum absolute atomic E-state index is 11.6. The molecule has 2 aromatic rings. The number of esters is 1. The lowest BCUT2D eigenvalue weighted by atomic mass is 10.3. The summed E-state index contributed by atoms with van der Waals surface area (Å²) in [7, 11) is 1.38. The quantitative estimate of drug-likeness (QED) is 0.805. The summed E-state index contributed by atoms with van der Waals surface area (Å²) < 4.78 is 4.76. The molecule has 0 amide bonds. The number of carbonyl (C=O) groups excluding carboxylic acids is 1. The molecule has 0 saturated carbocycles. The van der Waals surface area contributed by atoms with Crippen LogP contribution in [-0.2, 0) is 4.74 Å². The molecule has 3 rings (SSSR count). The van der Waals surface area contributed by atoms with Gasteiger partial charge in [-0.3, -0.25) is 0 Å². The van der Waals surface area contributed by atoms with Gasteiger partial charge in [-0.25, -0.2) is 14.8 Å². The smallest absolute Gasteiger partial charge is 0.357 e. The Balaban J connectivity index is 1.68. The van der Waals surface area contributed by atoms with Crippen LogP contribution in [0.2, 0.25) is 0 Å². The second-order valence-electron chi connectivity index (χ2n) is 4.68. The minimum Gasteiger partial charge on any atom is -0.464 e. The average molecular weight is 324 g/mol. The van der Waals surface area contributed by atoms with Crippen LogP contribution in [0.25, 0.3) is 0 Å². The van der Waals surface area contributed by atoms with Crippen LogP contribution in [-0.4, -0.2) is 49.2 Å². The fraction of sp³-hybridized carbons (Fsp3) is 0.462. The molecule has 112 valence electrons. The molecule has 0 spiro atoms. The highest BCUT2D eigenvalue weighted by Gasteiger charge is 2.23. The van der Waals surface area contributed by atoms with Crippen LogP contribution in [0.3, 0.4) is 0 Å². The van der Waals surface area contributed by atoms with E-state index in [4.69, 9.17) is 4.74 Å². The van der Waals surface area contributed by atoms with Gasteiger partial charge in [0, 0.05) is 42.6 Å². The highest BCUT2D eigenvalue weighted by Crippen LogP contribution is 2.28. The van der Waals surface area contributed by atoms with Gasteiger partial charge >= 0.3 is 5.97 Å². The fourth-order valence-electron chi connectivity index (χ4n) is 2.26. The van der Waals surface area contributed by atoms with E-state index in [1.165, 1.54) is 7.11 Å². The Bertz CT molecular complexity index is 618. The van der Waals surface area contributed by atoms with Crippen molar-refractivity contribution in [2.24, 2.45) is 0 Å². The van der Waals surface area contributed by atoms with Gasteiger partial charge in [0.05, 0.1) is 7.11 Å². The van der Waals surface area contributed by atoms with Crippen molar-refractivity contribution in [2.75, 3.05) is 43.1 Å². The lowest BCUT2D eigenvalue weighted by Gasteiger charge is -2.34. The first-order chi connectivity index (χ1) is 10.2. The second kappa shape index (κ2) is 5.98. The molecule has 1 aliphatic rings. The Kier molecular flexibility index (Phi) is 4.07. The maximum atomic E-state index is 11.6. The molecule has 3 heterocycles. The molecule has 0 radical (unpaired) electrons. The first kappa shape index (κ1) is 14.3. The van der Waals surface area contributed by atoms with E-state index in [0.29, 0.717) is 5.69 Å². The molecule has 8 heteroatoms. The van der Waals surface area contributed by atoms with Crippen LogP contribution < -0.4 is 9.80 Å². The van der Waals surface area contributed by atoms with Crippen LogP contribution in [0.4, 0.5) is 10.3 Å². The molecule has 0 aromatic carbocycles. The maximum Gasteiger partial charge on any atom is 0.357 e. The summed E-state index contributed by atoms with van der Waals surface area (Å²) in [5.41, 5.74) is 0.430. The summed E-state index contributed by atoms with van der Waals surface area (Å²) >= 11 is 3.21. The molecule has 2 aromatic heterocycles. The van der Waals surface area contributed by atoms with Crippen molar-refractivity contribution in [3.05, 3.63) is 22.1 Å². The number of aromatic nitrogens is 2. The molecule has 1 saturated heterocycles. The van der Waals surface area contributed by atoms with Gasteiger partial charge in [-0.15, -0.1) is 22.7 Å².